The van der Waals surface area contributed by atoms with Crippen molar-refractivity contribution < 1.29 is 14.3 Å². The summed E-state index contributed by atoms with van der Waals surface area (Å²) in [5, 5.41) is 3.03. The van der Waals surface area contributed by atoms with Gasteiger partial charge in [0.1, 0.15) is 18.1 Å². The molecule has 2 rings (SSSR count). The zero-order valence-corrected chi connectivity index (χ0v) is 12.1. The van der Waals surface area contributed by atoms with Gasteiger partial charge in [0.25, 0.3) is 5.91 Å². The van der Waals surface area contributed by atoms with Crippen LogP contribution in [0.5, 0.6) is 11.5 Å². The molecular formula is C15H20N2O3. The molecule has 1 aromatic carbocycles. The lowest BCUT2D eigenvalue weighted by molar-refractivity contribution is -0.126. The van der Waals surface area contributed by atoms with Crippen LogP contribution >= 0.6 is 0 Å². The van der Waals surface area contributed by atoms with Crippen LogP contribution in [0.3, 0.4) is 0 Å². The highest BCUT2D eigenvalue weighted by atomic mass is 16.5. The van der Waals surface area contributed by atoms with E-state index in [1.165, 1.54) is 0 Å². The van der Waals surface area contributed by atoms with E-state index in [4.69, 9.17) is 9.47 Å². The molecule has 20 heavy (non-hydrogen) atoms. The number of carbonyl (C=O) groups is 1. The minimum atomic E-state index is -0.00581. The fourth-order valence-corrected chi connectivity index (χ4v) is 2.03. The minimum absolute atomic E-state index is 0.00581. The van der Waals surface area contributed by atoms with Crippen molar-refractivity contribution in [2.24, 2.45) is 0 Å². The number of hydrogen-bond donors (Lipinski definition) is 1. The standard InChI is InChI=1S/C15H20N2O3/c1-16-6-7-17(2)15(18)12-8-11-9-13(19-3)4-5-14(11)20-10-12/h4-5,8-9,16H,6-7,10H2,1-3H3. The second-order valence-electron chi connectivity index (χ2n) is 4.69. The van der Waals surface area contributed by atoms with Gasteiger partial charge in [0.2, 0.25) is 0 Å². The number of hydrogen-bond acceptors (Lipinski definition) is 4. The summed E-state index contributed by atoms with van der Waals surface area (Å²) in [5.41, 5.74) is 1.53. The molecule has 0 atom stereocenters. The van der Waals surface area contributed by atoms with Gasteiger partial charge in [0, 0.05) is 25.7 Å². The predicted octanol–water partition coefficient (Wildman–Crippen LogP) is 1.15. The van der Waals surface area contributed by atoms with Gasteiger partial charge in [-0.3, -0.25) is 4.79 Å². The number of benzene rings is 1. The second-order valence-corrected chi connectivity index (χ2v) is 4.69. The molecule has 0 fully saturated rings. The van der Waals surface area contributed by atoms with E-state index < -0.39 is 0 Å². The molecule has 1 aliphatic heterocycles. The van der Waals surface area contributed by atoms with E-state index in [0.717, 1.165) is 23.6 Å². The van der Waals surface area contributed by atoms with Crippen molar-refractivity contribution in [3.05, 3.63) is 29.3 Å². The summed E-state index contributed by atoms with van der Waals surface area (Å²) in [4.78, 5) is 14.0. The summed E-state index contributed by atoms with van der Waals surface area (Å²) in [6.45, 7) is 1.74. The van der Waals surface area contributed by atoms with E-state index in [1.54, 1.807) is 19.1 Å². The molecule has 108 valence electrons. The first-order valence-corrected chi connectivity index (χ1v) is 6.57. The van der Waals surface area contributed by atoms with Crippen LogP contribution in [0.2, 0.25) is 0 Å². The SMILES string of the molecule is CNCCN(C)C(=O)C1=Cc2cc(OC)ccc2OC1. The maximum absolute atomic E-state index is 12.3. The van der Waals surface area contributed by atoms with Crippen LogP contribution in [0.15, 0.2) is 23.8 Å². The Morgan fingerprint density at radius 3 is 3.00 bits per heavy atom. The Labute approximate surface area is 119 Å². The molecule has 0 bridgehead atoms. The van der Waals surface area contributed by atoms with Gasteiger partial charge < -0.3 is 19.7 Å². The molecule has 1 amide bonds. The lowest BCUT2D eigenvalue weighted by Crippen LogP contribution is -2.35. The van der Waals surface area contributed by atoms with E-state index in [0.29, 0.717) is 18.7 Å². The van der Waals surface area contributed by atoms with E-state index in [-0.39, 0.29) is 5.91 Å². The Morgan fingerprint density at radius 1 is 1.50 bits per heavy atom. The van der Waals surface area contributed by atoms with Crippen LogP contribution in [0.4, 0.5) is 0 Å². The van der Waals surface area contributed by atoms with Gasteiger partial charge in [-0.15, -0.1) is 0 Å². The monoisotopic (exact) mass is 276 g/mol. The van der Waals surface area contributed by atoms with E-state index in [2.05, 4.69) is 5.32 Å². The lowest BCUT2D eigenvalue weighted by atomic mass is 10.1. The molecule has 0 saturated carbocycles. The maximum atomic E-state index is 12.3. The first kappa shape index (κ1) is 14.4. The molecule has 1 aliphatic rings. The number of fused-ring (bicyclic) bond motifs is 1. The van der Waals surface area contributed by atoms with Crippen LogP contribution in [0.25, 0.3) is 6.08 Å². The van der Waals surface area contributed by atoms with Crippen molar-refractivity contribution in [1.29, 1.82) is 0 Å². The summed E-state index contributed by atoms with van der Waals surface area (Å²) in [5.74, 6) is 1.52. The Morgan fingerprint density at radius 2 is 2.30 bits per heavy atom. The molecule has 0 saturated heterocycles. The summed E-state index contributed by atoms with van der Waals surface area (Å²) in [6, 6.07) is 5.57. The highest BCUT2D eigenvalue weighted by Gasteiger charge is 2.20. The predicted molar refractivity (Wildman–Crippen MR) is 78.0 cm³/mol. The number of carbonyl (C=O) groups excluding carboxylic acids is 1. The van der Waals surface area contributed by atoms with Gasteiger partial charge in [-0.25, -0.2) is 0 Å². The Balaban J connectivity index is 2.17. The molecule has 0 aromatic heterocycles. The molecule has 0 radical (unpaired) electrons. The van der Waals surface area contributed by atoms with Crippen LogP contribution < -0.4 is 14.8 Å². The average Bonchev–Trinajstić information content (AvgIpc) is 2.50. The molecule has 1 heterocycles. The van der Waals surface area contributed by atoms with Gasteiger partial charge in [0.15, 0.2) is 0 Å². The number of nitrogens with one attached hydrogen (secondary N) is 1. The summed E-state index contributed by atoms with van der Waals surface area (Å²) < 4.78 is 10.8. The van der Waals surface area contributed by atoms with Crippen molar-refractivity contribution in [3.8, 4) is 11.5 Å². The molecule has 5 nitrogen and oxygen atoms in total. The number of ether oxygens (including phenoxy) is 2. The maximum Gasteiger partial charge on any atom is 0.253 e. The number of rotatable bonds is 5. The minimum Gasteiger partial charge on any atom is -0.497 e. The number of methoxy groups -OCH3 is 1. The summed E-state index contributed by atoms with van der Waals surface area (Å²) >= 11 is 0. The molecule has 0 spiro atoms. The number of amides is 1. The highest BCUT2D eigenvalue weighted by molar-refractivity contribution is 5.99. The van der Waals surface area contributed by atoms with Crippen LogP contribution in [0.1, 0.15) is 5.56 Å². The molecule has 0 aliphatic carbocycles. The molecule has 5 heteroatoms. The van der Waals surface area contributed by atoms with Crippen molar-refractivity contribution in [2.75, 3.05) is 40.9 Å². The number of nitrogens with zero attached hydrogens (tertiary/aromatic N) is 1. The average molecular weight is 276 g/mol. The van der Waals surface area contributed by atoms with Gasteiger partial charge in [-0.05, 0) is 31.3 Å². The second kappa shape index (κ2) is 6.43. The topological polar surface area (TPSA) is 50.8 Å². The van der Waals surface area contributed by atoms with Crippen LogP contribution in [0, 0.1) is 0 Å². The quantitative estimate of drug-likeness (QED) is 0.876. The Hall–Kier alpha value is -2.01. The Bertz CT molecular complexity index is 526. The Kier molecular flexibility index (Phi) is 4.63. The lowest BCUT2D eigenvalue weighted by Gasteiger charge is -2.22. The third-order valence-corrected chi connectivity index (χ3v) is 3.25. The first-order valence-electron chi connectivity index (χ1n) is 6.57. The van der Waals surface area contributed by atoms with Crippen molar-refractivity contribution in [3.63, 3.8) is 0 Å². The van der Waals surface area contributed by atoms with Gasteiger partial charge in [-0.1, -0.05) is 0 Å². The van der Waals surface area contributed by atoms with Crippen LogP contribution in [-0.2, 0) is 4.79 Å². The van der Waals surface area contributed by atoms with E-state index >= 15 is 0 Å². The van der Waals surface area contributed by atoms with Crippen molar-refractivity contribution >= 4 is 12.0 Å². The number of likely N-dealkylation sites (N-methyl/N-ethyl adjacent to an activating group) is 2. The van der Waals surface area contributed by atoms with Crippen molar-refractivity contribution in [1.82, 2.24) is 10.2 Å². The molecule has 0 unspecified atom stereocenters. The zero-order chi connectivity index (χ0) is 14.5. The first-order chi connectivity index (χ1) is 9.65. The summed E-state index contributed by atoms with van der Waals surface area (Å²) in [6.07, 6.45) is 1.87. The van der Waals surface area contributed by atoms with E-state index in [9.17, 15) is 4.79 Å². The third-order valence-electron chi connectivity index (χ3n) is 3.25. The molecular weight excluding hydrogens is 256 g/mol. The fraction of sp³-hybridized carbons (Fsp3) is 0.400. The fourth-order valence-electron chi connectivity index (χ4n) is 2.03. The molecule has 1 N–H and O–H groups in total. The van der Waals surface area contributed by atoms with E-state index in [1.807, 2.05) is 31.3 Å². The van der Waals surface area contributed by atoms with Crippen molar-refractivity contribution in [2.45, 2.75) is 0 Å². The smallest absolute Gasteiger partial charge is 0.253 e. The van der Waals surface area contributed by atoms with Crippen LogP contribution in [-0.4, -0.2) is 51.7 Å². The third kappa shape index (κ3) is 3.11. The normalized spacial score (nSPS) is 13.1. The van der Waals surface area contributed by atoms with Gasteiger partial charge >= 0.3 is 0 Å². The van der Waals surface area contributed by atoms with Gasteiger partial charge in [-0.2, -0.15) is 0 Å². The summed E-state index contributed by atoms with van der Waals surface area (Å²) in [7, 11) is 5.28. The molecule has 1 aromatic rings. The highest BCUT2D eigenvalue weighted by Crippen LogP contribution is 2.30. The van der Waals surface area contributed by atoms with Gasteiger partial charge in [0.05, 0.1) is 12.7 Å². The largest absolute Gasteiger partial charge is 0.497 e. The zero-order valence-electron chi connectivity index (χ0n) is 12.1.